The molecule has 0 rings (SSSR count). The average Bonchev–Trinajstić information content (AvgIpc) is 1.93. The van der Waals surface area contributed by atoms with Gasteiger partial charge in [0.15, 0.2) is 0 Å². The molecule has 0 aliphatic rings. The molecular formula is C16H34. The predicted molar refractivity (Wildman–Crippen MR) is 75.6 cm³/mol. The van der Waals surface area contributed by atoms with Crippen LogP contribution < -0.4 is 0 Å². The van der Waals surface area contributed by atoms with E-state index >= 15 is 0 Å². The minimum absolute atomic E-state index is 0.403. The Kier molecular flexibility index (Phi) is 4.70. The van der Waals surface area contributed by atoms with Crippen LogP contribution in [0.4, 0.5) is 0 Å². The molecule has 0 fully saturated rings. The van der Waals surface area contributed by atoms with Gasteiger partial charge in [0.1, 0.15) is 0 Å². The van der Waals surface area contributed by atoms with Crippen LogP contribution in [0.5, 0.6) is 0 Å². The third-order valence-corrected chi connectivity index (χ3v) is 3.91. The van der Waals surface area contributed by atoms with Gasteiger partial charge in [-0.1, -0.05) is 69.2 Å². The molecule has 0 aliphatic carbocycles. The second-order valence-electron chi connectivity index (χ2n) is 8.89. The fourth-order valence-electron chi connectivity index (χ4n) is 2.50. The van der Waals surface area contributed by atoms with Gasteiger partial charge in [-0.25, -0.2) is 0 Å². The first kappa shape index (κ1) is 16.0. The predicted octanol–water partition coefficient (Wildman–Crippen LogP) is 5.77. The van der Waals surface area contributed by atoms with Crippen LogP contribution in [-0.4, -0.2) is 0 Å². The SMILES string of the molecule is CC(C(CC(C)(C)C)C(C)(C)C)C(C)(C)C. The van der Waals surface area contributed by atoms with Crippen molar-refractivity contribution >= 4 is 0 Å². The standard InChI is InChI=1S/C16H34/c1-12(15(5,6)7)13(16(8,9)10)11-14(2,3)4/h12-13H,11H2,1-10H3. The zero-order chi connectivity index (χ0) is 13.4. The van der Waals surface area contributed by atoms with Crippen LogP contribution in [0.25, 0.3) is 0 Å². The van der Waals surface area contributed by atoms with Gasteiger partial charge in [-0.2, -0.15) is 0 Å². The summed E-state index contributed by atoms with van der Waals surface area (Å²) in [6.07, 6.45) is 1.31. The minimum Gasteiger partial charge on any atom is -0.0617 e. The fourth-order valence-corrected chi connectivity index (χ4v) is 2.50. The Morgan fingerprint density at radius 2 is 1.06 bits per heavy atom. The Labute approximate surface area is 104 Å². The summed E-state index contributed by atoms with van der Waals surface area (Å²) in [6.45, 7) is 23.8. The number of rotatable bonds is 2. The van der Waals surface area contributed by atoms with Crippen molar-refractivity contribution in [2.45, 2.75) is 75.7 Å². The van der Waals surface area contributed by atoms with Gasteiger partial charge in [0.05, 0.1) is 0 Å². The third-order valence-electron chi connectivity index (χ3n) is 3.91. The summed E-state index contributed by atoms with van der Waals surface area (Å²) in [6, 6.07) is 0. The number of hydrogen-bond acceptors (Lipinski definition) is 0. The zero-order valence-electron chi connectivity index (χ0n) is 13.4. The highest BCUT2D eigenvalue weighted by atomic mass is 14.4. The molecule has 0 amide bonds. The number of hydrogen-bond donors (Lipinski definition) is 0. The summed E-state index contributed by atoms with van der Waals surface area (Å²) in [5.41, 5.74) is 1.24. The van der Waals surface area contributed by atoms with Crippen LogP contribution in [0.15, 0.2) is 0 Å². The van der Waals surface area contributed by atoms with Crippen molar-refractivity contribution < 1.29 is 0 Å². The third kappa shape index (κ3) is 5.37. The molecule has 0 aromatic carbocycles. The maximum absolute atomic E-state index is 2.43. The molecule has 0 aliphatic heterocycles. The first-order valence-corrected chi connectivity index (χ1v) is 6.75. The van der Waals surface area contributed by atoms with Crippen LogP contribution in [0, 0.1) is 28.1 Å². The Bertz CT molecular complexity index is 204. The van der Waals surface area contributed by atoms with Crippen molar-refractivity contribution in [2.75, 3.05) is 0 Å². The molecule has 0 aromatic rings. The Morgan fingerprint density at radius 1 is 0.688 bits per heavy atom. The Morgan fingerprint density at radius 3 is 1.25 bits per heavy atom. The molecular weight excluding hydrogens is 192 g/mol. The second kappa shape index (κ2) is 4.70. The summed E-state index contributed by atoms with van der Waals surface area (Å²) in [5.74, 6) is 1.54. The Balaban J connectivity index is 4.98. The first-order valence-electron chi connectivity index (χ1n) is 6.75. The van der Waals surface area contributed by atoms with E-state index in [2.05, 4.69) is 69.2 Å². The summed E-state index contributed by atoms with van der Waals surface area (Å²) >= 11 is 0. The summed E-state index contributed by atoms with van der Waals surface area (Å²) in [7, 11) is 0. The fraction of sp³-hybridized carbons (Fsp3) is 1.00. The largest absolute Gasteiger partial charge is 0.0617 e. The van der Waals surface area contributed by atoms with Gasteiger partial charge in [0.2, 0.25) is 0 Å². The van der Waals surface area contributed by atoms with Gasteiger partial charge in [-0.05, 0) is 34.5 Å². The molecule has 2 unspecified atom stereocenters. The van der Waals surface area contributed by atoms with E-state index in [1.807, 2.05) is 0 Å². The molecule has 0 heterocycles. The lowest BCUT2D eigenvalue weighted by molar-refractivity contribution is 0.0502. The van der Waals surface area contributed by atoms with E-state index in [1.165, 1.54) is 6.42 Å². The maximum atomic E-state index is 2.43. The lowest BCUT2D eigenvalue weighted by Gasteiger charge is -2.44. The summed E-state index contributed by atoms with van der Waals surface area (Å²) in [4.78, 5) is 0. The van der Waals surface area contributed by atoms with Crippen LogP contribution in [-0.2, 0) is 0 Å². The van der Waals surface area contributed by atoms with Gasteiger partial charge >= 0.3 is 0 Å². The molecule has 2 atom stereocenters. The molecule has 0 N–H and O–H groups in total. The lowest BCUT2D eigenvalue weighted by atomic mass is 9.61. The second-order valence-corrected chi connectivity index (χ2v) is 8.89. The van der Waals surface area contributed by atoms with E-state index in [-0.39, 0.29) is 0 Å². The van der Waals surface area contributed by atoms with E-state index in [4.69, 9.17) is 0 Å². The van der Waals surface area contributed by atoms with Crippen LogP contribution in [0.3, 0.4) is 0 Å². The van der Waals surface area contributed by atoms with Gasteiger partial charge in [0, 0.05) is 0 Å². The van der Waals surface area contributed by atoms with E-state index in [0.29, 0.717) is 16.2 Å². The topological polar surface area (TPSA) is 0 Å². The zero-order valence-corrected chi connectivity index (χ0v) is 13.4. The molecule has 16 heavy (non-hydrogen) atoms. The van der Waals surface area contributed by atoms with Crippen molar-refractivity contribution in [2.24, 2.45) is 28.1 Å². The molecule has 0 saturated heterocycles. The van der Waals surface area contributed by atoms with Crippen molar-refractivity contribution in [3.05, 3.63) is 0 Å². The summed E-state index contributed by atoms with van der Waals surface area (Å²) < 4.78 is 0. The van der Waals surface area contributed by atoms with Crippen molar-refractivity contribution in [3.8, 4) is 0 Å². The molecule has 0 bridgehead atoms. The average molecular weight is 226 g/mol. The van der Waals surface area contributed by atoms with Crippen LogP contribution in [0.2, 0.25) is 0 Å². The molecule has 0 nitrogen and oxygen atoms in total. The van der Waals surface area contributed by atoms with Crippen molar-refractivity contribution in [3.63, 3.8) is 0 Å². The van der Waals surface area contributed by atoms with Crippen LogP contribution in [0.1, 0.15) is 75.7 Å². The molecule has 0 aromatic heterocycles. The van der Waals surface area contributed by atoms with Gasteiger partial charge in [-0.3, -0.25) is 0 Å². The minimum atomic E-state index is 0.403. The van der Waals surface area contributed by atoms with E-state index < -0.39 is 0 Å². The molecule has 0 heteroatoms. The molecule has 98 valence electrons. The molecule has 0 saturated carbocycles. The molecule has 0 spiro atoms. The van der Waals surface area contributed by atoms with E-state index in [9.17, 15) is 0 Å². The highest BCUT2D eigenvalue weighted by molar-refractivity contribution is 4.87. The quantitative estimate of drug-likeness (QED) is 0.561. The highest BCUT2D eigenvalue weighted by Crippen LogP contribution is 2.46. The monoisotopic (exact) mass is 226 g/mol. The van der Waals surface area contributed by atoms with Gasteiger partial charge in [0.25, 0.3) is 0 Å². The first-order chi connectivity index (χ1) is 6.75. The van der Waals surface area contributed by atoms with Crippen molar-refractivity contribution in [1.29, 1.82) is 0 Å². The molecule has 0 radical (unpaired) electrons. The maximum Gasteiger partial charge on any atom is -0.0330 e. The van der Waals surface area contributed by atoms with E-state index in [0.717, 1.165) is 11.8 Å². The normalized spacial score (nSPS) is 18.4. The van der Waals surface area contributed by atoms with E-state index in [1.54, 1.807) is 0 Å². The highest BCUT2D eigenvalue weighted by Gasteiger charge is 2.37. The van der Waals surface area contributed by atoms with Crippen molar-refractivity contribution in [1.82, 2.24) is 0 Å². The van der Waals surface area contributed by atoms with Gasteiger partial charge < -0.3 is 0 Å². The van der Waals surface area contributed by atoms with Crippen LogP contribution >= 0.6 is 0 Å². The van der Waals surface area contributed by atoms with Gasteiger partial charge in [-0.15, -0.1) is 0 Å². The lowest BCUT2D eigenvalue weighted by Crippen LogP contribution is -2.36. The Hall–Kier alpha value is 0. The summed E-state index contributed by atoms with van der Waals surface area (Å²) in [5, 5.41) is 0. The smallest absolute Gasteiger partial charge is 0.0330 e.